The van der Waals surface area contributed by atoms with Gasteiger partial charge < -0.3 is 20.1 Å². The van der Waals surface area contributed by atoms with Gasteiger partial charge in [0.2, 0.25) is 5.91 Å². The summed E-state index contributed by atoms with van der Waals surface area (Å²) in [6.07, 6.45) is 2.19. The first kappa shape index (κ1) is 18.7. The standard InChI is InChI=1S/C18H29N3O3/c1-19-14-18(22)20-13-15-4-3-5-17(12-15)24-11-8-21(2)16-6-9-23-10-7-16/h3-5,12,16,19H,6-11,13-14H2,1-2H3,(H,20,22). The lowest BCUT2D eigenvalue weighted by Gasteiger charge is -2.31. The van der Waals surface area contributed by atoms with Crippen LogP contribution < -0.4 is 15.4 Å². The molecule has 1 amide bonds. The third-order valence-electron chi connectivity index (χ3n) is 4.25. The smallest absolute Gasteiger partial charge is 0.234 e. The number of hydrogen-bond acceptors (Lipinski definition) is 5. The van der Waals surface area contributed by atoms with E-state index in [2.05, 4.69) is 22.6 Å². The van der Waals surface area contributed by atoms with Crippen LogP contribution in [-0.4, -0.2) is 63.9 Å². The van der Waals surface area contributed by atoms with Crippen LogP contribution in [0.15, 0.2) is 24.3 Å². The van der Waals surface area contributed by atoms with E-state index in [1.54, 1.807) is 7.05 Å². The van der Waals surface area contributed by atoms with E-state index >= 15 is 0 Å². The molecule has 1 fully saturated rings. The maximum absolute atomic E-state index is 11.5. The molecule has 0 radical (unpaired) electrons. The number of rotatable bonds is 9. The molecule has 6 heteroatoms. The second kappa shape index (κ2) is 10.3. The van der Waals surface area contributed by atoms with Gasteiger partial charge in [0.25, 0.3) is 0 Å². The van der Waals surface area contributed by atoms with Crippen LogP contribution >= 0.6 is 0 Å². The Kier molecular flexibility index (Phi) is 8.01. The zero-order valence-electron chi connectivity index (χ0n) is 14.7. The lowest BCUT2D eigenvalue weighted by atomic mass is 10.1. The van der Waals surface area contributed by atoms with Crippen LogP contribution in [0.3, 0.4) is 0 Å². The fraction of sp³-hybridized carbons (Fsp3) is 0.611. The molecule has 1 aromatic carbocycles. The summed E-state index contributed by atoms with van der Waals surface area (Å²) in [7, 11) is 3.90. The molecule has 0 saturated carbocycles. The molecular formula is C18H29N3O3. The van der Waals surface area contributed by atoms with Gasteiger partial charge in [-0.1, -0.05) is 12.1 Å². The van der Waals surface area contributed by atoms with Gasteiger partial charge in [0.1, 0.15) is 12.4 Å². The molecule has 1 aliphatic rings. The second-order valence-electron chi connectivity index (χ2n) is 6.13. The zero-order chi connectivity index (χ0) is 17.2. The summed E-state index contributed by atoms with van der Waals surface area (Å²) in [6, 6.07) is 8.47. The quantitative estimate of drug-likeness (QED) is 0.705. The Hall–Kier alpha value is -1.63. The summed E-state index contributed by atoms with van der Waals surface area (Å²) in [5.74, 6) is 0.831. The number of nitrogens with one attached hydrogen (secondary N) is 2. The van der Waals surface area contributed by atoms with Crippen molar-refractivity contribution in [2.45, 2.75) is 25.4 Å². The van der Waals surface area contributed by atoms with Gasteiger partial charge in [-0.15, -0.1) is 0 Å². The zero-order valence-corrected chi connectivity index (χ0v) is 14.7. The van der Waals surface area contributed by atoms with E-state index in [4.69, 9.17) is 9.47 Å². The van der Waals surface area contributed by atoms with Crippen LogP contribution in [0.2, 0.25) is 0 Å². The lowest BCUT2D eigenvalue weighted by Crippen LogP contribution is -2.38. The largest absolute Gasteiger partial charge is 0.492 e. The molecule has 6 nitrogen and oxygen atoms in total. The van der Waals surface area contributed by atoms with Crippen molar-refractivity contribution >= 4 is 5.91 Å². The van der Waals surface area contributed by atoms with Crippen molar-refractivity contribution < 1.29 is 14.3 Å². The predicted octanol–water partition coefficient (Wildman–Crippen LogP) is 1.01. The molecule has 1 aliphatic heterocycles. The summed E-state index contributed by atoms with van der Waals surface area (Å²) in [6.45, 7) is 4.11. The van der Waals surface area contributed by atoms with Crippen molar-refractivity contribution in [2.24, 2.45) is 0 Å². The van der Waals surface area contributed by atoms with Crippen LogP contribution in [0.4, 0.5) is 0 Å². The number of nitrogens with zero attached hydrogens (tertiary/aromatic N) is 1. The van der Waals surface area contributed by atoms with E-state index in [0.29, 0.717) is 25.7 Å². The minimum atomic E-state index is -0.0121. The van der Waals surface area contributed by atoms with Crippen molar-refractivity contribution in [3.05, 3.63) is 29.8 Å². The van der Waals surface area contributed by atoms with Gasteiger partial charge in [-0.3, -0.25) is 9.69 Å². The summed E-state index contributed by atoms with van der Waals surface area (Å²) < 4.78 is 11.3. The Morgan fingerprint density at radius 3 is 2.92 bits per heavy atom. The number of carbonyl (C=O) groups excluding carboxylic acids is 1. The van der Waals surface area contributed by atoms with Crippen molar-refractivity contribution in [3.63, 3.8) is 0 Å². The molecule has 0 aromatic heterocycles. The van der Waals surface area contributed by atoms with Crippen LogP contribution in [0, 0.1) is 0 Å². The maximum Gasteiger partial charge on any atom is 0.234 e. The molecule has 1 saturated heterocycles. The van der Waals surface area contributed by atoms with Crippen LogP contribution in [0.5, 0.6) is 5.75 Å². The Morgan fingerprint density at radius 1 is 1.38 bits per heavy atom. The van der Waals surface area contributed by atoms with Gasteiger partial charge in [-0.05, 0) is 44.6 Å². The molecule has 1 heterocycles. The van der Waals surface area contributed by atoms with Crippen molar-refractivity contribution in [2.75, 3.05) is 47.0 Å². The van der Waals surface area contributed by atoms with E-state index in [-0.39, 0.29) is 5.91 Å². The lowest BCUT2D eigenvalue weighted by molar-refractivity contribution is -0.120. The first-order chi connectivity index (χ1) is 11.7. The van der Waals surface area contributed by atoms with E-state index in [1.807, 2.05) is 24.3 Å². The Morgan fingerprint density at radius 2 is 2.17 bits per heavy atom. The third kappa shape index (κ3) is 6.47. The molecular weight excluding hydrogens is 306 g/mol. The molecule has 2 rings (SSSR count). The Balaban J connectivity index is 1.72. The molecule has 24 heavy (non-hydrogen) atoms. The highest BCUT2D eigenvalue weighted by atomic mass is 16.5. The number of hydrogen-bond donors (Lipinski definition) is 2. The average Bonchev–Trinajstić information content (AvgIpc) is 2.61. The maximum atomic E-state index is 11.5. The minimum absolute atomic E-state index is 0.0121. The summed E-state index contributed by atoms with van der Waals surface area (Å²) >= 11 is 0. The number of amides is 1. The molecule has 0 spiro atoms. The first-order valence-corrected chi connectivity index (χ1v) is 8.60. The monoisotopic (exact) mass is 335 g/mol. The Labute approximate surface area is 144 Å². The third-order valence-corrected chi connectivity index (χ3v) is 4.25. The summed E-state index contributed by atoms with van der Waals surface area (Å²) in [5, 5.41) is 5.70. The number of likely N-dealkylation sites (N-methyl/N-ethyl adjacent to an activating group) is 2. The summed E-state index contributed by atoms with van der Waals surface area (Å²) in [4.78, 5) is 13.8. The topological polar surface area (TPSA) is 62.8 Å². The molecule has 0 unspecified atom stereocenters. The molecule has 134 valence electrons. The van der Waals surface area contributed by atoms with Crippen LogP contribution in [0.1, 0.15) is 18.4 Å². The van der Waals surface area contributed by atoms with Crippen LogP contribution in [-0.2, 0) is 16.1 Å². The van der Waals surface area contributed by atoms with Gasteiger partial charge in [-0.25, -0.2) is 0 Å². The Bertz CT molecular complexity index is 504. The SMILES string of the molecule is CNCC(=O)NCc1cccc(OCCN(C)C2CCOCC2)c1. The first-order valence-electron chi connectivity index (χ1n) is 8.60. The van der Waals surface area contributed by atoms with Gasteiger partial charge >= 0.3 is 0 Å². The highest BCUT2D eigenvalue weighted by Gasteiger charge is 2.17. The van der Waals surface area contributed by atoms with Crippen molar-refractivity contribution in [3.8, 4) is 5.75 Å². The van der Waals surface area contributed by atoms with Crippen molar-refractivity contribution in [1.29, 1.82) is 0 Å². The van der Waals surface area contributed by atoms with E-state index in [1.165, 1.54) is 0 Å². The molecule has 0 aliphatic carbocycles. The number of benzene rings is 1. The van der Waals surface area contributed by atoms with Gasteiger partial charge in [0, 0.05) is 32.3 Å². The molecule has 0 bridgehead atoms. The number of carbonyl (C=O) groups is 1. The molecule has 2 N–H and O–H groups in total. The average molecular weight is 335 g/mol. The fourth-order valence-electron chi connectivity index (χ4n) is 2.78. The highest BCUT2D eigenvalue weighted by Crippen LogP contribution is 2.15. The predicted molar refractivity (Wildman–Crippen MR) is 94.2 cm³/mol. The summed E-state index contributed by atoms with van der Waals surface area (Å²) in [5.41, 5.74) is 1.04. The van der Waals surface area contributed by atoms with E-state index < -0.39 is 0 Å². The second-order valence-corrected chi connectivity index (χ2v) is 6.13. The highest BCUT2D eigenvalue weighted by molar-refractivity contribution is 5.77. The van der Waals surface area contributed by atoms with Gasteiger partial charge in [0.05, 0.1) is 6.54 Å². The molecule has 0 atom stereocenters. The van der Waals surface area contributed by atoms with Gasteiger partial charge in [0.15, 0.2) is 0 Å². The van der Waals surface area contributed by atoms with E-state index in [0.717, 1.165) is 43.9 Å². The number of ether oxygens (including phenoxy) is 2. The molecule has 1 aromatic rings. The van der Waals surface area contributed by atoms with Crippen molar-refractivity contribution in [1.82, 2.24) is 15.5 Å². The van der Waals surface area contributed by atoms with E-state index in [9.17, 15) is 4.79 Å². The minimum Gasteiger partial charge on any atom is -0.492 e. The van der Waals surface area contributed by atoms with Crippen LogP contribution in [0.25, 0.3) is 0 Å². The van der Waals surface area contributed by atoms with Gasteiger partial charge in [-0.2, -0.15) is 0 Å². The normalized spacial score (nSPS) is 15.5. The fourth-order valence-corrected chi connectivity index (χ4v) is 2.78.